The number of ether oxygens (including phenoxy) is 1. The number of hydrogen-bond acceptors (Lipinski definition) is 3. The van der Waals surface area contributed by atoms with Gasteiger partial charge < -0.3 is 10.1 Å². The summed E-state index contributed by atoms with van der Waals surface area (Å²) in [5.41, 5.74) is 1.25. The van der Waals surface area contributed by atoms with Gasteiger partial charge in [-0.05, 0) is 18.1 Å². The largest absolute Gasteiger partial charge is 0.495 e. The average molecular weight is 150 g/mol. The predicted octanol–water partition coefficient (Wildman–Crippen LogP) is 1.06. The van der Waals surface area contributed by atoms with Crippen LogP contribution in [0.4, 0.5) is 5.82 Å². The molecule has 1 aromatic rings. The highest BCUT2D eigenvalue weighted by Gasteiger charge is 2.10. The quantitative estimate of drug-likeness (QED) is 0.650. The second-order valence-corrected chi connectivity index (χ2v) is 2.56. The summed E-state index contributed by atoms with van der Waals surface area (Å²) in [5.74, 6) is 1.85. The highest BCUT2D eigenvalue weighted by molar-refractivity contribution is 5.51. The van der Waals surface area contributed by atoms with E-state index in [-0.39, 0.29) is 0 Å². The van der Waals surface area contributed by atoms with Gasteiger partial charge in [0.05, 0.1) is 13.3 Å². The molecule has 2 heterocycles. The van der Waals surface area contributed by atoms with Gasteiger partial charge in [0, 0.05) is 6.54 Å². The molecule has 1 aliphatic heterocycles. The molecule has 0 spiro atoms. The lowest BCUT2D eigenvalue weighted by molar-refractivity contribution is 0.412. The Bertz CT molecular complexity index is 273. The average Bonchev–Trinajstić information content (AvgIpc) is 2.50. The molecule has 3 nitrogen and oxygen atoms in total. The van der Waals surface area contributed by atoms with Crippen LogP contribution >= 0.6 is 0 Å². The molecule has 1 aliphatic rings. The topological polar surface area (TPSA) is 34.1 Å². The van der Waals surface area contributed by atoms with Gasteiger partial charge in [-0.25, -0.2) is 4.98 Å². The SMILES string of the molecule is COc1cnc2c(c1)CCN2. The van der Waals surface area contributed by atoms with Crippen molar-refractivity contribution in [1.82, 2.24) is 4.98 Å². The summed E-state index contributed by atoms with van der Waals surface area (Å²) in [6.45, 7) is 0.996. The van der Waals surface area contributed by atoms with E-state index >= 15 is 0 Å². The minimum Gasteiger partial charge on any atom is -0.495 e. The Kier molecular flexibility index (Phi) is 1.42. The molecule has 0 unspecified atom stereocenters. The van der Waals surface area contributed by atoms with Crippen LogP contribution in [0.15, 0.2) is 12.3 Å². The molecule has 0 amide bonds. The van der Waals surface area contributed by atoms with Gasteiger partial charge in [-0.3, -0.25) is 0 Å². The van der Waals surface area contributed by atoms with Gasteiger partial charge in [-0.2, -0.15) is 0 Å². The van der Waals surface area contributed by atoms with Crippen LogP contribution in [-0.2, 0) is 6.42 Å². The molecule has 58 valence electrons. The molecule has 0 aromatic carbocycles. The highest BCUT2D eigenvalue weighted by atomic mass is 16.5. The number of methoxy groups -OCH3 is 1. The molecule has 0 saturated carbocycles. The van der Waals surface area contributed by atoms with Crippen LogP contribution < -0.4 is 10.1 Å². The Morgan fingerprint density at radius 3 is 3.36 bits per heavy atom. The van der Waals surface area contributed by atoms with Crippen molar-refractivity contribution < 1.29 is 4.74 Å². The number of nitrogens with one attached hydrogen (secondary N) is 1. The van der Waals surface area contributed by atoms with E-state index in [0.29, 0.717) is 0 Å². The summed E-state index contributed by atoms with van der Waals surface area (Å²) in [7, 11) is 1.66. The molecule has 2 rings (SSSR count). The number of hydrogen-bond donors (Lipinski definition) is 1. The van der Waals surface area contributed by atoms with Crippen molar-refractivity contribution in [3.8, 4) is 5.75 Å². The van der Waals surface area contributed by atoms with Crippen molar-refractivity contribution in [2.75, 3.05) is 19.0 Å². The second kappa shape index (κ2) is 2.42. The van der Waals surface area contributed by atoms with Crippen LogP contribution in [0.5, 0.6) is 5.75 Å². The van der Waals surface area contributed by atoms with Crippen molar-refractivity contribution in [3.63, 3.8) is 0 Å². The van der Waals surface area contributed by atoms with Crippen LogP contribution in [-0.4, -0.2) is 18.6 Å². The normalized spacial score (nSPS) is 13.9. The van der Waals surface area contributed by atoms with Crippen LogP contribution in [0.25, 0.3) is 0 Å². The maximum Gasteiger partial charge on any atom is 0.137 e. The van der Waals surface area contributed by atoms with Crippen molar-refractivity contribution in [3.05, 3.63) is 17.8 Å². The standard InChI is InChI=1S/C8H10N2O/c1-11-7-4-6-2-3-9-8(6)10-5-7/h4-5H,2-3H2,1H3,(H,9,10). The van der Waals surface area contributed by atoms with Crippen molar-refractivity contribution in [2.45, 2.75) is 6.42 Å². The molecule has 0 fully saturated rings. The smallest absolute Gasteiger partial charge is 0.137 e. The molecule has 1 N–H and O–H groups in total. The van der Waals surface area contributed by atoms with Gasteiger partial charge in [0.2, 0.25) is 0 Å². The minimum atomic E-state index is 0.840. The molecule has 3 heteroatoms. The zero-order chi connectivity index (χ0) is 7.68. The lowest BCUT2D eigenvalue weighted by Gasteiger charge is -2.01. The molecule has 11 heavy (non-hydrogen) atoms. The molecule has 0 atom stereocenters. The first-order valence-electron chi connectivity index (χ1n) is 3.67. The van der Waals surface area contributed by atoms with E-state index < -0.39 is 0 Å². The fourth-order valence-corrected chi connectivity index (χ4v) is 1.27. The van der Waals surface area contributed by atoms with E-state index in [9.17, 15) is 0 Å². The monoisotopic (exact) mass is 150 g/mol. The number of rotatable bonds is 1. The maximum absolute atomic E-state index is 5.05. The molecule has 0 bridgehead atoms. The molecule has 0 radical (unpaired) electrons. The lowest BCUT2D eigenvalue weighted by atomic mass is 10.2. The summed E-state index contributed by atoms with van der Waals surface area (Å²) in [5, 5.41) is 3.18. The number of aromatic nitrogens is 1. The Hall–Kier alpha value is -1.25. The van der Waals surface area contributed by atoms with Gasteiger partial charge in [-0.15, -0.1) is 0 Å². The fraction of sp³-hybridized carbons (Fsp3) is 0.375. The summed E-state index contributed by atoms with van der Waals surface area (Å²) in [4.78, 5) is 4.19. The lowest BCUT2D eigenvalue weighted by Crippen LogP contribution is -1.92. The maximum atomic E-state index is 5.05. The third-order valence-electron chi connectivity index (χ3n) is 1.86. The first-order valence-corrected chi connectivity index (χ1v) is 3.67. The molecular weight excluding hydrogens is 140 g/mol. The second-order valence-electron chi connectivity index (χ2n) is 2.56. The van der Waals surface area contributed by atoms with Crippen molar-refractivity contribution in [1.29, 1.82) is 0 Å². The first kappa shape index (κ1) is 6.46. The van der Waals surface area contributed by atoms with Crippen molar-refractivity contribution in [2.24, 2.45) is 0 Å². The van der Waals surface area contributed by atoms with E-state index in [0.717, 1.165) is 24.5 Å². The fourth-order valence-electron chi connectivity index (χ4n) is 1.27. The minimum absolute atomic E-state index is 0.840. The van der Waals surface area contributed by atoms with Crippen LogP contribution in [0.1, 0.15) is 5.56 Å². The third-order valence-corrected chi connectivity index (χ3v) is 1.86. The van der Waals surface area contributed by atoms with E-state index in [1.54, 1.807) is 13.3 Å². The van der Waals surface area contributed by atoms with Crippen molar-refractivity contribution >= 4 is 5.82 Å². The van der Waals surface area contributed by atoms with E-state index in [4.69, 9.17) is 4.74 Å². The third kappa shape index (κ3) is 1.02. The Labute approximate surface area is 65.4 Å². The van der Waals surface area contributed by atoms with Gasteiger partial charge >= 0.3 is 0 Å². The summed E-state index contributed by atoms with van der Waals surface area (Å²) in [6.07, 6.45) is 2.79. The Morgan fingerprint density at radius 1 is 1.64 bits per heavy atom. The zero-order valence-corrected chi connectivity index (χ0v) is 6.42. The first-order chi connectivity index (χ1) is 5.40. The molecule has 0 saturated heterocycles. The van der Waals surface area contributed by atoms with Gasteiger partial charge in [-0.1, -0.05) is 0 Å². The Balaban J connectivity index is 2.41. The molecule has 0 aliphatic carbocycles. The number of nitrogens with zero attached hydrogens (tertiary/aromatic N) is 1. The number of fused-ring (bicyclic) bond motifs is 1. The predicted molar refractivity (Wildman–Crippen MR) is 43.0 cm³/mol. The van der Waals surface area contributed by atoms with Gasteiger partial charge in [0.1, 0.15) is 11.6 Å². The summed E-state index contributed by atoms with van der Waals surface area (Å²) in [6, 6.07) is 2.03. The van der Waals surface area contributed by atoms with E-state index in [1.807, 2.05) is 6.07 Å². The van der Waals surface area contributed by atoms with Crippen LogP contribution in [0, 0.1) is 0 Å². The summed E-state index contributed by atoms with van der Waals surface area (Å²) < 4.78 is 5.05. The Morgan fingerprint density at radius 2 is 2.55 bits per heavy atom. The van der Waals surface area contributed by atoms with E-state index in [2.05, 4.69) is 10.3 Å². The zero-order valence-electron chi connectivity index (χ0n) is 6.42. The number of anilines is 1. The number of pyridine rings is 1. The van der Waals surface area contributed by atoms with Crippen LogP contribution in [0.2, 0.25) is 0 Å². The highest BCUT2D eigenvalue weighted by Crippen LogP contribution is 2.22. The van der Waals surface area contributed by atoms with Gasteiger partial charge in [0.15, 0.2) is 0 Å². The molecule has 1 aromatic heterocycles. The van der Waals surface area contributed by atoms with Crippen LogP contribution in [0.3, 0.4) is 0 Å². The summed E-state index contributed by atoms with van der Waals surface area (Å²) >= 11 is 0. The molecular formula is C8H10N2O. The van der Waals surface area contributed by atoms with E-state index in [1.165, 1.54) is 5.56 Å². The van der Waals surface area contributed by atoms with Gasteiger partial charge in [0.25, 0.3) is 0 Å².